The molecule has 35 heavy (non-hydrogen) atoms. The number of aromatic hydroxyl groups is 1. The molecule has 5 nitrogen and oxygen atoms in total. The number of fused-ring (bicyclic) bond motifs is 3. The molecule has 1 atom stereocenters. The van der Waals surface area contributed by atoms with Gasteiger partial charge in [0.2, 0.25) is 5.78 Å². The molecule has 3 aliphatic rings. The van der Waals surface area contributed by atoms with E-state index in [4.69, 9.17) is 14.2 Å². The Morgan fingerprint density at radius 3 is 2.40 bits per heavy atom. The fraction of sp³-hybridized carbons (Fsp3) is 0.433. The van der Waals surface area contributed by atoms with Crippen LogP contribution in [0.1, 0.15) is 86.0 Å². The molecule has 0 unspecified atom stereocenters. The fourth-order valence-electron chi connectivity index (χ4n) is 6.43. The summed E-state index contributed by atoms with van der Waals surface area (Å²) in [5, 5.41) is 10.9. The third kappa shape index (κ3) is 3.03. The smallest absolute Gasteiger partial charge is 0.201 e. The molecule has 1 N–H and O–H groups in total. The Balaban J connectivity index is 1.94. The van der Waals surface area contributed by atoms with E-state index in [1.165, 1.54) is 11.6 Å². The second-order valence-corrected chi connectivity index (χ2v) is 10.4. The van der Waals surface area contributed by atoms with Gasteiger partial charge in [0.05, 0.1) is 32.0 Å². The Labute approximate surface area is 207 Å². The van der Waals surface area contributed by atoms with Crippen LogP contribution in [0.4, 0.5) is 0 Å². The molecular weight excluding hydrogens is 440 g/mol. The van der Waals surface area contributed by atoms with Crippen LogP contribution in [0.15, 0.2) is 35.9 Å². The van der Waals surface area contributed by atoms with Gasteiger partial charge < -0.3 is 19.3 Å². The number of phenols is 1. The third-order valence-electron chi connectivity index (χ3n) is 8.25. The zero-order valence-electron chi connectivity index (χ0n) is 21.5. The average molecular weight is 475 g/mol. The Kier molecular flexibility index (Phi) is 5.50. The van der Waals surface area contributed by atoms with Crippen molar-refractivity contribution in [3.63, 3.8) is 0 Å². The average Bonchev–Trinajstić information content (AvgIpc) is 3.19. The van der Waals surface area contributed by atoms with Crippen LogP contribution in [0.5, 0.6) is 23.0 Å². The van der Waals surface area contributed by atoms with Crippen molar-refractivity contribution in [2.45, 2.75) is 58.8 Å². The number of methoxy groups -OCH3 is 2. The molecule has 0 amide bonds. The van der Waals surface area contributed by atoms with E-state index in [2.05, 4.69) is 39.8 Å². The minimum Gasteiger partial charge on any atom is -0.507 e. The zero-order chi connectivity index (χ0) is 25.1. The molecule has 2 aromatic rings. The van der Waals surface area contributed by atoms with Crippen LogP contribution >= 0.6 is 0 Å². The molecule has 0 heterocycles. The highest BCUT2D eigenvalue weighted by Gasteiger charge is 2.56. The molecule has 0 fully saturated rings. The first kappa shape index (κ1) is 23.5. The number of hydrogen-bond acceptors (Lipinski definition) is 5. The van der Waals surface area contributed by atoms with Gasteiger partial charge in [-0.1, -0.05) is 44.9 Å². The number of allylic oxidation sites excluding steroid dienone is 3. The van der Waals surface area contributed by atoms with Crippen LogP contribution in [0.3, 0.4) is 0 Å². The van der Waals surface area contributed by atoms with Gasteiger partial charge in [-0.3, -0.25) is 4.79 Å². The molecule has 0 radical (unpaired) electrons. The maximum atomic E-state index is 14.1. The number of unbranched alkanes of at least 4 members (excludes halogenated alkanes) is 1. The lowest BCUT2D eigenvalue weighted by atomic mass is 9.55. The van der Waals surface area contributed by atoms with Crippen LogP contribution in [-0.2, 0) is 5.41 Å². The van der Waals surface area contributed by atoms with E-state index >= 15 is 0 Å². The SMILES string of the molecule is CCCCOc1cc(OC)c2c3c1C(=O)c1c(O)ccc(OC)c1C3=C[C@@]21C(C)=CCCC1(C)C. The summed E-state index contributed by atoms with van der Waals surface area (Å²) < 4.78 is 17.9. The molecule has 0 aliphatic heterocycles. The summed E-state index contributed by atoms with van der Waals surface area (Å²) in [6, 6.07) is 5.13. The molecule has 5 rings (SSSR count). The number of ketones is 1. The third-order valence-corrected chi connectivity index (χ3v) is 8.25. The van der Waals surface area contributed by atoms with Gasteiger partial charge in [0.15, 0.2) is 0 Å². The molecule has 0 saturated carbocycles. The minimum atomic E-state index is -0.462. The number of carbonyl (C=O) groups is 1. The lowest BCUT2D eigenvalue weighted by Crippen LogP contribution is -2.43. The van der Waals surface area contributed by atoms with Crippen LogP contribution in [0.25, 0.3) is 5.57 Å². The van der Waals surface area contributed by atoms with Crippen molar-refractivity contribution in [2.24, 2.45) is 5.41 Å². The number of rotatable bonds is 6. The fourth-order valence-corrected chi connectivity index (χ4v) is 6.43. The maximum absolute atomic E-state index is 14.1. The van der Waals surface area contributed by atoms with E-state index in [1.54, 1.807) is 20.3 Å². The topological polar surface area (TPSA) is 65.0 Å². The Bertz CT molecular complexity index is 1300. The van der Waals surface area contributed by atoms with E-state index in [0.29, 0.717) is 29.2 Å². The van der Waals surface area contributed by atoms with Crippen LogP contribution < -0.4 is 14.2 Å². The van der Waals surface area contributed by atoms with Crippen molar-refractivity contribution in [3.05, 3.63) is 63.7 Å². The standard InChI is InChI=1S/C30H34O5/c1-7-8-14-35-21-15-22(34-6)27-24-18(16-30(27)17(2)10-9-13-29(30,3)4)23-20(33-5)12-11-19(31)25(23)28(32)26(21)24/h10-12,15-16,31H,7-9,13-14H2,1-6H3/t30-/m1/s1. The van der Waals surface area contributed by atoms with Gasteiger partial charge in [-0.05, 0) is 49.3 Å². The lowest BCUT2D eigenvalue weighted by Gasteiger charge is -2.48. The van der Waals surface area contributed by atoms with Gasteiger partial charge >= 0.3 is 0 Å². The molecule has 2 aromatic carbocycles. The lowest BCUT2D eigenvalue weighted by molar-refractivity contribution is 0.103. The second kappa shape index (κ2) is 8.18. The largest absolute Gasteiger partial charge is 0.507 e. The van der Waals surface area contributed by atoms with Crippen LogP contribution in [0.2, 0.25) is 0 Å². The van der Waals surface area contributed by atoms with Crippen molar-refractivity contribution in [2.75, 3.05) is 20.8 Å². The Morgan fingerprint density at radius 1 is 1.00 bits per heavy atom. The molecule has 3 aliphatic carbocycles. The van der Waals surface area contributed by atoms with Gasteiger partial charge in [0.1, 0.15) is 23.0 Å². The molecule has 184 valence electrons. The van der Waals surface area contributed by atoms with Crippen molar-refractivity contribution >= 4 is 11.4 Å². The van der Waals surface area contributed by atoms with Crippen LogP contribution in [0, 0.1) is 5.41 Å². The summed E-state index contributed by atoms with van der Waals surface area (Å²) in [5.74, 6) is 1.50. The van der Waals surface area contributed by atoms with E-state index < -0.39 is 5.41 Å². The Hall–Kier alpha value is -3.21. The molecule has 5 heteroatoms. The second-order valence-electron chi connectivity index (χ2n) is 10.4. The maximum Gasteiger partial charge on any atom is 0.201 e. The highest BCUT2D eigenvalue weighted by atomic mass is 16.5. The van der Waals surface area contributed by atoms with Gasteiger partial charge in [0, 0.05) is 28.2 Å². The number of ether oxygens (including phenoxy) is 3. The number of phenolic OH excluding ortho intramolecular Hbond substituents is 1. The molecule has 1 spiro atoms. The first-order valence-electron chi connectivity index (χ1n) is 12.5. The number of benzene rings is 2. The minimum absolute atomic E-state index is 0.0506. The summed E-state index contributed by atoms with van der Waals surface area (Å²) >= 11 is 0. The van der Waals surface area contributed by atoms with Crippen molar-refractivity contribution in [1.29, 1.82) is 0 Å². The van der Waals surface area contributed by atoms with Gasteiger partial charge in [0.25, 0.3) is 0 Å². The van der Waals surface area contributed by atoms with Gasteiger partial charge in [-0.2, -0.15) is 0 Å². The van der Waals surface area contributed by atoms with Gasteiger partial charge in [-0.25, -0.2) is 0 Å². The summed E-state index contributed by atoms with van der Waals surface area (Å²) in [7, 11) is 3.28. The molecular formula is C30H34O5. The predicted octanol–water partition coefficient (Wildman–Crippen LogP) is 6.58. The van der Waals surface area contributed by atoms with Crippen molar-refractivity contribution < 1.29 is 24.1 Å². The summed E-state index contributed by atoms with van der Waals surface area (Å²) in [6.07, 6.45) is 8.46. The van der Waals surface area contributed by atoms with E-state index in [9.17, 15) is 9.90 Å². The normalized spacial score (nSPS) is 21.3. The summed E-state index contributed by atoms with van der Waals surface area (Å²) in [5.41, 5.74) is 4.83. The molecule has 0 bridgehead atoms. The highest BCUT2D eigenvalue weighted by molar-refractivity contribution is 6.23. The van der Waals surface area contributed by atoms with E-state index in [0.717, 1.165) is 48.1 Å². The van der Waals surface area contributed by atoms with E-state index in [1.807, 2.05) is 6.07 Å². The van der Waals surface area contributed by atoms with E-state index in [-0.39, 0.29) is 22.5 Å². The number of carbonyl (C=O) groups excluding carboxylic acids is 1. The highest BCUT2D eigenvalue weighted by Crippen LogP contribution is 2.65. The predicted molar refractivity (Wildman–Crippen MR) is 137 cm³/mol. The molecule has 0 saturated heterocycles. The number of hydrogen-bond donors (Lipinski definition) is 1. The van der Waals surface area contributed by atoms with Crippen molar-refractivity contribution in [1.82, 2.24) is 0 Å². The Morgan fingerprint density at radius 2 is 1.74 bits per heavy atom. The zero-order valence-corrected chi connectivity index (χ0v) is 21.5. The van der Waals surface area contributed by atoms with Crippen molar-refractivity contribution in [3.8, 4) is 23.0 Å². The molecule has 0 aromatic heterocycles. The summed E-state index contributed by atoms with van der Waals surface area (Å²) in [4.78, 5) is 14.1. The van der Waals surface area contributed by atoms with Crippen LogP contribution in [-0.4, -0.2) is 31.7 Å². The quantitative estimate of drug-likeness (QED) is 0.323. The monoisotopic (exact) mass is 474 g/mol. The first-order chi connectivity index (χ1) is 16.7. The first-order valence-corrected chi connectivity index (χ1v) is 12.5. The summed E-state index contributed by atoms with van der Waals surface area (Å²) in [6.45, 7) is 9.36. The van der Waals surface area contributed by atoms with Gasteiger partial charge in [-0.15, -0.1) is 0 Å².